The van der Waals surface area contributed by atoms with Gasteiger partial charge in [-0.3, -0.25) is 4.79 Å². The highest BCUT2D eigenvalue weighted by Gasteiger charge is 2.26. The van der Waals surface area contributed by atoms with Gasteiger partial charge in [0.15, 0.2) is 11.5 Å². The summed E-state index contributed by atoms with van der Waals surface area (Å²) in [6.45, 7) is 15.4. The first-order valence-electron chi connectivity index (χ1n) is 13.1. The lowest BCUT2D eigenvalue weighted by atomic mass is 10.0. The van der Waals surface area contributed by atoms with Crippen LogP contribution in [0.2, 0.25) is 0 Å². The van der Waals surface area contributed by atoms with E-state index in [1.54, 1.807) is 61.5 Å². The van der Waals surface area contributed by atoms with Crippen LogP contribution in [0.5, 0.6) is 11.5 Å². The van der Waals surface area contributed by atoms with Gasteiger partial charge in [-0.15, -0.1) is 0 Å². The molecule has 1 N–H and O–H groups in total. The molecule has 226 valence electrons. The van der Waals surface area contributed by atoms with Crippen molar-refractivity contribution >= 4 is 24.4 Å². The summed E-state index contributed by atoms with van der Waals surface area (Å²) in [6.07, 6.45) is -2.97. The molecule has 0 amide bonds. The predicted octanol–water partition coefficient (Wildman–Crippen LogP) is 5.33. The number of hydrogen-bond acceptors (Lipinski definition) is 12. The molecule has 0 saturated carbocycles. The van der Waals surface area contributed by atoms with Crippen molar-refractivity contribution in [3.8, 4) is 11.5 Å². The van der Waals surface area contributed by atoms with Crippen LogP contribution in [-0.4, -0.2) is 67.5 Å². The van der Waals surface area contributed by atoms with Crippen molar-refractivity contribution in [1.82, 2.24) is 5.32 Å². The summed E-state index contributed by atoms with van der Waals surface area (Å²) in [5.41, 5.74) is -1.11. The standard InChI is InChI=1S/C28H43NO11/c1-11-17(2)35-24(31)36-18(3)16-29-20(23(30)34-10)14-19-12-13-21(37-25(32)39-27(4,5)6)22(15-19)38-26(33)40-28(7,8)9/h12-13,15,17-18,20,29H,11,14,16H2,1-10H3/t17?,18?,20-/m0/s1. The molecule has 40 heavy (non-hydrogen) atoms. The van der Waals surface area contributed by atoms with Gasteiger partial charge in [0.05, 0.1) is 7.11 Å². The molecule has 0 bridgehead atoms. The van der Waals surface area contributed by atoms with Gasteiger partial charge in [-0.1, -0.05) is 13.0 Å². The van der Waals surface area contributed by atoms with Crippen LogP contribution in [0.3, 0.4) is 0 Å². The van der Waals surface area contributed by atoms with Gasteiger partial charge in [-0.2, -0.15) is 0 Å². The molecule has 0 aliphatic carbocycles. The average molecular weight is 570 g/mol. The molecule has 0 fully saturated rings. The van der Waals surface area contributed by atoms with E-state index in [4.69, 9.17) is 33.2 Å². The van der Waals surface area contributed by atoms with Crippen LogP contribution in [-0.2, 0) is 34.9 Å². The second kappa shape index (κ2) is 15.3. The van der Waals surface area contributed by atoms with E-state index in [9.17, 15) is 19.2 Å². The Kier molecular flexibility index (Phi) is 13.2. The number of rotatable bonds is 11. The topological polar surface area (TPSA) is 145 Å². The summed E-state index contributed by atoms with van der Waals surface area (Å²) < 4.78 is 36.2. The van der Waals surface area contributed by atoms with E-state index < -0.39 is 47.8 Å². The number of ether oxygens (including phenoxy) is 7. The van der Waals surface area contributed by atoms with Crippen molar-refractivity contribution in [2.75, 3.05) is 13.7 Å². The van der Waals surface area contributed by atoms with Crippen LogP contribution in [0.25, 0.3) is 0 Å². The smallest absolute Gasteiger partial charge is 0.468 e. The Labute approximate surface area is 235 Å². The number of benzene rings is 1. The van der Waals surface area contributed by atoms with Gasteiger partial charge in [-0.25, -0.2) is 14.4 Å². The Morgan fingerprint density at radius 3 is 1.82 bits per heavy atom. The normalized spacial score (nSPS) is 13.8. The Morgan fingerprint density at radius 2 is 1.32 bits per heavy atom. The third kappa shape index (κ3) is 14.0. The maximum absolute atomic E-state index is 12.5. The average Bonchev–Trinajstić information content (AvgIpc) is 2.80. The highest BCUT2D eigenvalue weighted by atomic mass is 16.8. The molecule has 0 aliphatic heterocycles. The van der Waals surface area contributed by atoms with Crippen LogP contribution in [0.4, 0.5) is 14.4 Å². The lowest BCUT2D eigenvalue weighted by Crippen LogP contribution is -2.43. The number of hydrogen-bond donors (Lipinski definition) is 1. The highest BCUT2D eigenvalue weighted by molar-refractivity contribution is 5.76. The van der Waals surface area contributed by atoms with E-state index in [-0.39, 0.29) is 30.6 Å². The fourth-order valence-electron chi connectivity index (χ4n) is 2.97. The minimum absolute atomic E-state index is 0.0896. The van der Waals surface area contributed by atoms with Gasteiger partial charge >= 0.3 is 24.4 Å². The van der Waals surface area contributed by atoms with E-state index in [0.29, 0.717) is 12.0 Å². The maximum atomic E-state index is 12.5. The lowest BCUT2D eigenvalue weighted by Gasteiger charge is -2.22. The zero-order chi connectivity index (χ0) is 30.7. The molecular weight excluding hydrogens is 526 g/mol. The largest absolute Gasteiger partial charge is 0.514 e. The molecular formula is C28H43NO11. The second-order valence-electron chi connectivity index (χ2n) is 11.1. The first-order valence-corrected chi connectivity index (χ1v) is 13.1. The van der Waals surface area contributed by atoms with Gasteiger partial charge in [0.25, 0.3) is 0 Å². The Balaban J connectivity index is 3.09. The monoisotopic (exact) mass is 569 g/mol. The number of esters is 1. The Hall–Kier alpha value is -3.54. The van der Waals surface area contributed by atoms with Crippen LogP contribution in [0.15, 0.2) is 18.2 Å². The Bertz CT molecular complexity index is 1010. The van der Waals surface area contributed by atoms with Crippen molar-refractivity contribution in [3.05, 3.63) is 23.8 Å². The van der Waals surface area contributed by atoms with Crippen LogP contribution >= 0.6 is 0 Å². The van der Waals surface area contributed by atoms with Crippen LogP contribution in [0.1, 0.15) is 74.3 Å². The summed E-state index contributed by atoms with van der Waals surface area (Å²) in [6, 6.07) is 3.57. The Morgan fingerprint density at radius 1 is 0.800 bits per heavy atom. The first kappa shape index (κ1) is 34.5. The van der Waals surface area contributed by atoms with Gasteiger partial charge in [0.2, 0.25) is 0 Å². The summed E-state index contributed by atoms with van der Waals surface area (Å²) in [7, 11) is 1.25. The quantitative estimate of drug-likeness (QED) is 0.209. The molecule has 1 aromatic carbocycles. The van der Waals surface area contributed by atoms with E-state index >= 15 is 0 Å². The van der Waals surface area contributed by atoms with Gasteiger partial charge in [-0.05, 0) is 85.9 Å². The third-order valence-electron chi connectivity index (χ3n) is 4.92. The predicted molar refractivity (Wildman–Crippen MR) is 144 cm³/mol. The van der Waals surface area contributed by atoms with Crippen LogP contribution in [0, 0.1) is 0 Å². The van der Waals surface area contributed by atoms with Gasteiger partial charge in [0, 0.05) is 6.54 Å². The van der Waals surface area contributed by atoms with Crippen molar-refractivity contribution in [2.24, 2.45) is 0 Å². The van der Waals surface area contributed by atoms with E-state index in [2.05, 4.69) is 5.32 Å². The summed E-state index contributed by atoms with van der Waals surface area (Å²) in [5.74, 6) is -0.780. The lowest BCUT2D eigenvalue weighted by molar-refractivity contribution is -0.143. The molecule has 12 nitrogen and oxygen atoms in total. The van der Waals surface area contributed by atoms with E-state index in [1.807, 2.05) is 6.92 Å². The molecule has 0 aromatic heterocycles. The molecule has 2 unspecified atom stereocenters. The zero-order valence-corrected chi connectivity index (χ0v) is 25.1. The molecule has 1 rings (SSSR count). The molecule has 0 radical (unpaired) electrons. The number of nitrogens with one attached hydrogen (secondary N) is 1. The molecule has 3 atom stereocenters. The fourth-order valence-corrected chi connectivity index (χ4v) is 2.97. The van der Waals surface area contributed by atoms with E-state index in [1.165, 1.54) is 19.2 Å². The van der Waals surface area contributed by atoms with Crippen molar-refractivity contribution in [1.29, 1.82) is 0 Å². The summed E-state index contributed by atoms with van der Waals surface area (Å²) in [5, 5.41) is 3.01. The SMILES string of the molecule is CCC(C)OC(=O)OC(C)CN[C@@H](Cc1ccc(OC(=O)OC(C)(C)C)c(OC(=O)OC(C)(C)C)c1)C(=O)OC. The van der Waals surface area contributed by atoms with Crippen molar-refractivity contribution in [3.63, 3.8) is 0 Å². The van der Waals surface area contributed by atoms with Crippen molar-refractivity contribution < 1.29 is 52.3 Å². The zero-order valence-electron chi connectivity index (χ0n) is 25.1. The molecule has 1 aromatic rings. The minimum atomic E-state index is -1.02. The molecule has 0 spiro atoms. The fraction of sp³-hybridized carbons (Fsp3) is 0.643. The highest BCUT2D eigenvalue weighted by Crippen LogP contribution is 2.31. The first-order chi connectivity index (χ1) is 18.4. The third-order valence-corrected chi connectivity index (χ3v) is 4.92. The molecule has 0 heterocycles. The molecule has 12 heteroatoms. The summed E-state index contributed by atoms with van der Waals surface area (Å²) >= 11 is 0. The van der Waals surface area contributed by atoms with E-state index in [0.717, 1.165) is 0 Å². The number of carbonyl (C=O) groups excluding carboxylic acids is 4. The number of methoxy groups -OCH3 is 1. The minimum Gasteiger partial charge on any atom is -0.468 e. The maximum Gasteiger partial charge on any atom is 0.514 e. The second-order valence-corrected chi connectivity index (χ2v) is 11.1. The van der Waals surface area contributed by atoms with Gasteiger partial charge < -0.3 is 38.5 Å². The molecule has 0 aliphatic rings. The number of carbonyl (C=O) groups is 4. The summed E-state index contributed by atoms with van der Waals surface area (Å²) in [4.78, 5) is 49.0. The molecule has 0 saturated heterocycles. The van der Waals surface area contributed by atoms with Crippen LogP contribution < -0.4 is 14.8 Å². The van der Waals surface area contributed by atoms with Gasteiger partial charge in [0.1, 0.15) is 29.5 Å². The van der Waals surface area contributed by atoms with Crippen molar-refractivity contribution in [2.45, 2.75) is 105 Å².